The van der Waals surface area contributed by atoms with Crippen molar-refractivity contribution in [1.82, 2.24) is 10.2 Å². The summed E-state index contributed by atoms with van der Waals surface area (Å²) in [5.74, 6) is -0.259. The van der Waals surface area contributed by atoms with Crippen LogP contribution in [0.4, 0.5) is 5.13 Å². The number of anilines is 1. The molecule has 0 fully saturated rings. The van der Waals surface area contributed by atoms with E-state index in [9.17, 15) is 10.1 Å². The standard InChI is InChI=1S/C24H18N4OS/c1-24(22(29)27-23-28-26-14-30-23)12-19-7-6-15(13-25)10-20(19)21(24)18-9-8-16-4-2-3-5-17(16)11-18/h2-11,14,21H,12H2,1H3,(H,27,28,29). The Morgan fingerprint density at radius 2 is 2.00 bits per heavy atom. The van der Waals surface area contributed by atoms with Crippen LogP contribution in [0.15, 0.2) is 66.2 Å². The minimum absolute atomic E-state index is 0.0906. The normalized spacial score (nSPS) is 19.9. The van der Waals surface area contributed by atoms with Gasteiger partial charge in [0, 0.05) is 5.92 Å². The predicted octanol–water partition coefficient (Wildman–Crippen LogP) is 4.90. The van der Waals surface area contributed by atoms with Crippen LogP contribution < -0.4 is 5.32 Å². The predicted molar refractivity (Wildman–Crippen MR) is 117 cm³/mol. The SMILES string of the molecule is CC1(C(=O)Nc2nncs2)Cc2ccc(C#N)cc2C1c1ccc2ccccc2c1. The van der Waals surface area contributed by atoms with E-state index >= 15 is 0 Å². The molecule has 0 aliphatic heterocycles. The van der Waals surface area contributed by atoms with Gasteiger partial charge < -0.3 is 5.32 Å². The number of nitrogens with zero attached hydrogens (tertiary/aromatic N) is 3. The van der Waals surface area contributed by atoms with Crippen LogP contribution in [0.1, 0.15) is 35.1 Å². The molecular formula is C24H18N4OS. The molecule has 0 bridgehead atoms. The van der Waals surface area contributed by atoms with E-state index in [4.69, 9.17) is 0 Å². The van der Waals surface area contributed by atoms with Crippen molar-refractivity contribution in [2.45, 2.75) is 19.3 Å². The number of amides is 1. The Labute approximate surface area is 178 Å². The summed E-state index contributed by atoms with van der Waals surface area (Å²) in [5.41, 5.74) is 4.69. The molecule has 0 saturated heterocycles. The van der Waals surface area contributed by atoms with Gasteiger partial charge in [0.05, 0.1) is 17.0 Å². The second-order valence-corrected chi connectivity index (χ2v) is 8.69. The summed E-state index contributed by atoms with van der Waals surface area (Å²) >= 11 is 1.30. The minimum atomic E-state index is -0.718. The van der Waals surface area contributed by atoms with E-state index in [0.717, 1.165) is 27.5 Å². The van der Waals surface area contributed by atoms with E-state index in [1.807, 2.05) is 37.3 Å². The monoisotopic (exact) mass is 410 g/mol. The fourth-order valence-corrected chi connectivity index (χ4v) is 4.99. The van der Waals surface area contributed by atoms with Crippen LogP contribution in [-0.2, 0) is 11.2 Å². The first-order valence-corrected chi connectivity index (χ1v) is 10.6. The molecule has 4 aromatic rings. The zero-order valence-electron chi connectivity index (χ0n) is 16.3. The highest BCUT2D eigenvalue weighted by Crippen LogP contribution is 2.51. The van der Waals surface area contributed by atoms with Crippen molar-refractivity contribution in [3.05, 3.63) is 88.4 Å². The average Bonchev–Trinajstić information content (AvgIpc) is 3.38. The molecule has 5 rings (SSSR count). The van der Waals surface area contributed by atoms with Crippen molar-refractivity contribution in [2.75, 3.05) is 5.32 Å². The van der Waals surface area contributed by atoms with E-state index in [0.29, 0.717) is 17.1 Å². The van der Waals surface area contributed by atoms with Crippen LogP contribution in [-0.4, -0.2) is 16.1 Å². The lowest BCUT2D eigenvalue weighted by molar-refractivity contribution is -0.125. The van der Waals surface area contributed by atoms with Gasteiger partial charge in [-0.05, 0) is 52.9 Å². The molecule has 6 heteroatoms. The highest BCUT2D eigenvalue weighted by Gasteiger charge is 2.49. The van der Waals surface area contributed by atoms with Gasteiger partial charge in [-0.1, -0.05) is 59.9 Å². The maximum atomic E-state index is 13.5. The maximum Gasteiger partial charge on any atom is 0.233 e. The molecule has 1 N–H and O–H groups in total. The number of fused-ring (bicyclic) bond motifs is 2. The molecular weight excluding hydrogens is 392 g/mol. The molecule has 146 valence electrons. The third kappa shape index (κ3) is 2.95. The van der Waals surface area contributed by atoms with Crippen molar-refractivity contribution >= 4 is 33.1 Å². The number of benzene rings is 3. The van der Waals surface area contributed by atoms with Crippen molar-refractivity contribution in [3.8, 4) is 6.07 Å². The second kappa shape index (κ2) is 7.05. The fourth-order valence-electron chi connectivity index (χ4n) is 4.55. The summed E-state index contributed by atoms with van der Waals surface area (Å²) < 4.78 is 0. The Hall–Kier alpha value is -3.56. The van der Waals surface area contributed by atoms with Crippen LogP contribution in [0.2, 0.25) is 0 Å². The van der Waals surface area contributed by atoms with E-state index in [1.54, 1.807) is 5.51 Å². The van der Waals surface area contributed by atoms with Crippen LogP contribution >= 0.6 is 11.3 Å². The summed E-state index contributed by atoms with van der Waals surface area (Å²) in [6.07, 6.45) is 0.593. The molecule has 2 unspecified atom stereocenters. The summed E-state index contributed by atoms with van der Waals surface area (Å²) in [5, 5.41) is 22.9. The zero-order valence-corrected chi connectivity index (χ0v) is 17.1. The molecule has 0 saturated carbocycles. The number of hydrogen-bond donors (Lipinski definition) is 1. The molecule has 1 aromatic heterocycles. The Kier molecular flexibility index (Phi) is 4.34. The number of hydrogen-bond acceptors (Lipinski definition) is 5. The van der Waals surface area contributed by atoms with Crippen LogP contribution in [0.3, 0.4) is 0 Å². The molecule has 30 heavy (non-hydrogen) atoms. The Morgan fingerprint density at radius 1 is 1.17 bits per heavy atom. The number of aromatic nitrogens is 2. The van der Waals surface area contributed by atoms with Gasteiger partial charge in [-0.3, -0.25) is 4.79 Å². The third-order valence-corrected chi connectivity index (χ3v) is 6.59. The lowest BCUT2D eigenvalue weighted by Crippen LogP contribution is -2.37. The largest absolute Gasteiger partial charge is 0.300 e. The number of carbonyl (C=O) groups is 1. The Bertz CT molecular complexity index is 1310. The zero-order chi connectivity index (χ0) is 20.7. The summed E-state index contributed by atoms with van der Waals surface area (Å²) in [6.45, 7) is 2.00. The summed E-state index contributed by atoms with van der Waals surface area (Å²) in [4.78, 5) is 13.5. The maximum absolute atomic E-state index is 13.5. The van der Waals surface area contributed by atoms with Gasteiger partial charge in [0.15, 0.2) is 0 Å². The van der Waals surface area contributed by atoms with E-state index < -0.39 is 5.41 Å². The summed E-state index contributed by atoms with van der Waals surface area (Å²) in [6, 6.07) is 22.5. The molecule has 1 aliphatic rings. The Morgan fingerprint density at radius 3 is 2.77 bits per heavy atom. The van der Waals surface area contributed by atoms with Crippen LogP contribution in [0.25, 0.3) is 10.8 Å². The van der Waals surface area contributed by atoms with Crippen LogP contribution in [0, 0.1) is 16.7 Å². The first-order chi connectivity index (χ1) is 14.6. The van der Waals surface area contributed by atoms with E-state index in [1.165, 1.54) is 11.3 Å². The number of rotatable bonds is 3. The van der Waals surface area contributed by atoms with Gasteiger partial charge in [0.25, 0.3) is 0 Å². The van der Waals surface area contributed by atoms with Crippen molar-refractivity contribution in [3.63, 3.8) is 0 Å². The van der Waals surface area contributed by atoms with Gasteiger partial charge in [-0.25, -0.2) is 0 Å². The summed E-state index contributed by atoms with van der Waals surface area (Å²) in [7, 11) is 0. The fraction of sp³-hybridized carbons (Fsp3) is 0.167. The quantitative estimate of drug-likeness (QED) is 0.521. The highest BCUT2D eigenvalue weighted by molar-refractivity contribution is 7.13. The van der Waals surface area contributed by atoms with Crippen molar-refractivity contribution < 1.29 is 4.79 Å². The first-order valence-electron chi connectivity index (χ1n) is 9.68. The van der Waals surface area contributed by atoms with Gasteiger partial charge in [-0.2, -0.15) is 5.26 Å². The van der Waals surface area contributed by atoms with E-state index in [2.05, 4.69) is 51.9 Å². The number of nitriles is 1. The third-order valence-electron chi connectivity index (χ3n) is 5.99. The second-order valence-electron chi connectivity index (χ2n) is 7.86. The molecule has 5 nitrogen and oxygen atoms in total. The molecule has 1 amide bonds. The lowest BCUT2D eigenvalue weighted by Gasteiger charge is -2.31. The molecule has 0 radical (unpaired) electrons. The van der Waals surface area contributed by atoms with Gasteiger partial charge in [0.1, 0.15) is 5.51 Å². The lowest BCUT2D eigenvalue weighted by atomic mass is 9.73. The van der Waals surface area contributed by atoms with Gasteiger partial charge in [0.2, 0.25) is 11.0 Å². The molecule has 1 aliphatic carbocycles. The van der Waals surface area contributed by atoms with Gasteiger partial charge in [-0.15, -0.1) is 10.2 Å². The smallest absolute Gasteiger partial charge is 0.233 e. The Balaban J connectivity index is 1.65. The molecule has 3 aromatic carbocycles. The minimum Gasteiger partial charge on any atom is -0.300 e. The molecule has 0 spiro atoms. The van der Waals surface area contributed by atoms with Crippen molar-refractivity contribution in [1.29, 1.82) is 5.26 Å². The van der Waals surface area contributed by atoms with Gasteiger partial charge >= 0.3 is 0 Å². The number of carbonyl (C=O) groups excluding carboxylic acids is 1. The van der Waals surface area contributed by atoms with Crippen LogP contribution in [0.5, 0.6) is 0 Å². The number of nitrogens with one attached hydrogen (secondary N) is 1. The molecule has 2 atom stereocenters. The van der Waals surface area contributed by atoms with Crippen molar-refractivity contribution in [2.24, 2.45) is 5.41 Å². The molecule has 1 heterocycles. The average molecular weight is 411 g/mol. The highest BCUT2D eigenvalue weighted by atomic mass is 32.1. The first kappa shape index (κ1) is 18.5. The van der Waals surface area contributed by atoms with E-state index in [-0.39, 0.29) is 11.8 Å². The topological polar surface area (TPSA) is 78.7 Å².